The van der Waals surface area contributed by atoms with Crippen molar-refractivity contribution >= 4 is 17.7 Å². The van der Waals surface area contributed by atoms with Gasteiger partial charge < -0.3 is 5.32 Å². The summed E-state index contributed by atoms with van der Waals surface area (Å²) < 4.78 is 1.98. The molecule has 1 amide bonds. The summed E-state index contributed by atoms with van der Waals surface area (Å²) in [7, 11) is 0. The Hall–Kier alpha value is -3.45. The standard InChI is InChI=1S/C24H21N5OS/c30-22(26-20-14-18-6-4-5-7-19(18)15-20)16-31-24-28-27-23(17-10-12-25-13-11-17)29(24)21-8-2-1-3-9-21/h1-13,20H,14-16H2,(H,26,30). The molecular formula is C24H21N5OS. The van der Waals surface area contributed by atoms with Gasteiger partial charge in [-0.2, -0.15) is 0 Å². The molecule has 4 aromatic rings. The second-order valence-corrected chi connectivity index (χ2v) is 8.39. The fraction of sp³-hybridized carbons (Fsp3) is 0.167. The molecule has 0 bridgehead atoms. The number of para-hydroxylation sites is 1. The van der Waals surface area contributed by atoms with Gasteiger partial charge in [-0.3, -0.25) is 14.3 Å². The number of hydrogen-bond donors (Lipinski definition) is 1. The van der Waals surface area contributed by atoms with E-state index in [0.717, 1.165) is 29.9 Å². The summed E-state index contributed by atoms with van der Waals surface area (Å²) >= 11 is 1.39. The predicted octanol–water partition coefficient (Wildman–Crippen LogP) is 3.71. The van der Waals surface area contributed by atoms with Gasteiger partial charge in [0.05, 0.1) is 5.75 Å². The van der Waals surface area contributed by atoms with Crippen molar-refractivity contribution in [1.29, 1.82) is 0 Å². The Kier molecular flexibility index (Phi) is 5.50. The van der Waals surface area contributed by atoms with Crippen molar-refractivity contribution in [3.8, 4) is 17.1 Å². The van der Waals surface area contributed by atoms with Gasteiger partial charge in [0.2, 0.25) is 5.91 Å². The highest BCUT2D eigenvalue weighted by Crippen LogP contribution is 2.28. The fourth-order valence-corrected chi connectivity index (χ4v) is 4.68. The monoisotopic (exact) mass is 427 g/mol. The van der Waals surface area contributed by atoms with E-state index in [4.69, 9.17) is 0 Å². The Morgan fingerprint density at radius 3 is 2.32 bits per heavy atom. The molecule has 5 rings (SSSR count). The zero-order valence-electron chi connectivity index (χ0n) is 16.8. The number of fused-ring (bicyclic) bond motifs is 1. The second-order valence-electron chi connectivity index (χ2n) is 7.44. The molecule has 0 saturated heterocycles. The number of rotatable bonds is 6. The lowest BCUT2D eigenvalue weighted by atomic mass is 10.1. The first-order chi connectivity index (χ1) is 15.3. The third-order valence-electron chi connectivity index (χ3n) is 5.33. The molecule has 0 unspecified atom stereocenters. The smallest absolute Gasteiger partial charge is 0.230 e. The lowest BCUT2D eigenvalue weighted by Gasteiger charge is -2.13. The molecule has 6 nitrogen and oxygen atoms in total. The van der Waals surface area contributed by atoms with Crippen molar-refractivity contribution in [2.24, 2.45) is 0 Å². The number of carbonyl (C=O) groups excluding carboxylic acids is 1. The Morgan fingerprint density at radius 1 is 0.935 bits per heavy atom. The van der Waals surface area contributed by atoms with Crippen LogP contribution in [0.15, 0.2) is 84.3 Å². The SMILES string of the molecule is O=C(CSc1nnc(-c2ccncc2)n1-c1ccccc1)NC1Cc2ccccc2C1. The first kappa shape index (κ1) is 19.5. The quantitative estimate of drug-likeness (QED) is 0.475. The van der Waals surface area contributed by atoms with Gasteiger partial charge in [0.25, 0.3) is 0 Å². The largest absolute Gasteiger partial charge is 0.352 e. The third-order valence-corrected chi connectivity index (χ3v) is 6.26. The van der Waals surface area contributed by atoms with Crippen molar-refractivity contribution < 1.29 is 4.79 Å². The first-order valence-corrected chi connectivity index (χ1v) is 11.2. The van der Waals surface area contributed by atoms with Crippen LogP contribution < -0.4 is 5.32 Å². The lowest BCUT2D eigenvalue weighted by molar-refractivity contribution is -0.119. The van der Waals surface area contributed by atoms with E-state index in [1.807, 2.05) is 47.0 Å². The normalized spacial score (nSPS) is 13.2. The maximum absolute atomic E-state index is 12.7. The van der Waals surface area contributed by atoms with Gasteiger partial charge in [-0.15, -0.1) is 10.2 Å². The number of nitrogens with one attached hydrogen (secondary N) is 1. The van der Waals surface area contributed by atoms with Crippen LogP contribution in [-0.4, -0.2) is 37.5 Å². The van der Waals surface area contributed by atoms with E-state index in [0.29, 0.717) is 5.16 Å². The molecule has 0 saturated carbocycles. The minimum Gasteiger partial charge on any atom is -0.352 e. The van der Waals surface area contributed by atoms with Gasteiger partial charge in [0.15, 0.2) is 11.0 Å². The van der Waals surface area contributed by atoms with E-state index < -0.39 is 0 Å². The summed E-state index contributed by atoms with van der Waals surface area (Å²) in [6.45, 7) is 0. The molecule has 7 heteroatoms. The Balaban J connectivity index is 1.32. The van der Waals surface area contributed by atoms with Crippen LogP contribution in [0.1, 0.15) is 11.1 Å². The van der Waals surface area contributed by atoms with Gasteiger partial charge in [0.1, 0.15) is 0 Å². The molecule has 1 aliphatic rings. The van der Waals surface area contributed by atoms with E-state index in [1.54, 1.807) is 12.4 Å². The molecule has 0 radical (unpaired) electrons. The fourth-order valence-electron chi connectivity index (χ4n) is 3.92. The molecule has 0 aliphatic heterocycles. The van der Waals surface area contributed by atoms with Crippen LogP contribution in [0.4, 0.5) is 0 Å². The second kappa shape index (κ2) is 8.73. The van der Waals surface area contributed by atoms with Crippen LogP contribution in [-0.2, 0) is 17.6 Å². The molecule has 1 N–H and O–H groups in total. The van der Waals surface area contributed by atoms with Crippen LogP contribution in [0.3, 0.4) is 0 Å². The molecule has 0 atom stereocenters. The highest BCUT2D eigenvalue weighted by atomic mass is 32.2. The van der Waals surface area contributed by atoms with Gasteiger partial charge in [-0.05, 0) is 48.2 Å². The summed E-state index contributed by atoms with van der Waals surface area (Å²) in [5, 5.41) is 12.6. The number of benzene rings is 2. The predicted molar refractivity (Wildman–Crippen MR) is 121 cm³/mol. The zero-order valence-corrected chi connectivity index (χ0v) is 17.6. The Bertz CT molecular complexity index is 1170. The number of nitrogens with zero attached hydrogens (tertiary/aromatic N) is 4. The minimum absolute atomic E-state index is 0.0101. The molecule has 154 valence electrons. The van der Waals surface area contributed by atoms with Crippen molar-refractivity contribution in [2.45, 2.75) is 24.0 Å². The number of carbonyl (C=O) groups is 1. The zero-order chi connectivity index (χ0) is 21.0. The highest BCUT2D eigenvalue weighted by molar-refractivity contribution is 7.99. The van der Waals surface area contributed by atoms with E-state index in [-0.39, 0.29) is 17.7 Å². The topological polar surface area (TPSA) is 72.7 Å². The van der Waals surface area contributed by atoms with Gasteiger partial charge in [0, 0.05) is 29.7 Å². The third kappa shape index (κ3) is 4.22. The molecule has 1 aliphatic carbocycles. The van der Waals surface area contributed by atoms with Crippen LogP contribution >= 0.6 is 11.8 Å². The molecular weight excluding hydrogens is 406 g/mol. The summed E-state index contributed by atoms with van der Waals surface area (Å²) in [5.41, 5.74) is 4.53. The van der Waals surface area contributed by atoms with Crippen molar-refractivity contribution in [3.63, 3.8) is 0 Å². The molecule has 31 heavy (non-hydrogen) atoms. The van der Waals surface area contributed by atoms with Crippen molar-refractivity contribution in [2.75, 3.05) is 5.75 Å². The van der Waals surface area contributed by atoms with E-state index >= 15 is 0 Å². The molecule has 2 aromatic carbocycles. The highest BCUT2D eigenvalue weighted by Gasteiger charge is 2.23. The van der Waals surface area contributed by atoms with Crippen LogP contribution in [0.25, 0.3) is 17.1 Å². The van der Waals surface area contributed by atoms with Crippen LogP contribution in [0.5, 0.6) is 0 Å². The maximum atomic E-state index is 12.7. The Morgan fingerprint density at radius 2 is 1.61 bits per heavy atom. The molecule has 0 spiro atoms. The van der Waals surface area contributed by atoms with Crippen molar-refractivity contribution in [3.05, 3.63) is 90.3 Å². The van der Waals surface area contributed by atoms with E-state index in [1.165, 1.54) is 22.9 Å². The van der Waals surface area contributed by atoms with Gasteiger partial charge >= 0.3 is 0 Å². The minimum atomic E-state index is 0.0101. The number of pyridine rings is 1. The summed E-state index contributed by atoms with van der Waals surface area (Å²) in [5.74, 6) is 1.02. The van der Waals surface area contributed by atoms with Gasteiger partial charge in [-0.25, -0.2) is 0 Å². The van der Waals surface area contributed by atoms with E-state index in [2.05, 4.69) is 44.8 Å². The van der Waals surface area contributed by atoms with Crippen LogP contribution in [0, 0.1) is 0 Å². The van der Waals surface area contributed by atoms with Crippen molar-refractivity contribution in [1.82, 2.24) is 25.1 Å². The number of aromatic nitrogens is 4. The molecule has 2 heterocycles. The number of hydrogen-bond acceptors (Lipinski definition) is 5. The first-order valence-electron chi connectivity index (χ1n) is 10.2. The summed E-state index contributed by atoms with van der Waals surface area (Å²) in [6, 6.07) is 22.3. The Labute approximate surface area is 184 Å². The average Bonchev–Trinajstić information content (AvgIpc) is 3.42. The molecule has 2 aromatic heterocycles. The molecule has 0 fully saturated rings. The lowest BCUT2D eigenvalue weighted by Crippen LogP contribution is -2.36. The maximum Gasteiger partial charge on any atom is 0.230 e. The summed E-state index contributed by atoms with van der Waals surface area (Å²) in [6.07, 6.45) is 5.25. The number of amides is 1. The van der Waals surface area contributed by atoms with Gasteiger partial charge in [-0.1, -0.05) is 54.2 Å². The summed E-state index contributed by atoms with van der Waals surface area (Å²) in [4.78, 5) is 16.7. The number of thioether (sulfide) groups is 1. The van der Waals surface area contributed by atoms with E-state index in [9.17, 15) is 4.79 Å². The average molecular weight is 428 g/mol. The van der Waals surface area contributed by atoms with Crippen LogP contribution in [0.2, 0.25) is 0 Å².